The molecule has 0 atom stereocenters. The van der Waals surface area contributed by atoms with E-state index in [-0.39, 0.29) is 16.8 Å². The second-order valence-electron chi connectivity index (χ2n) is 4.84. The molecule has 0 fully saturated rings. The molecule has 0 saturated carbocycles. The van der Waals surface area contributed by atoms with Crippen molar-refractivity contribution >= 4 is 10.9 Å². The number of fused-ring (bicyclic) bond motifs is 1. The van der Waals surface area contributed by atoms with E-state index in [0.29, 0.717) is 17.2 Å². The van der Waals surface area contributed by atoms with E-state index < -0.39 is 11.6 Å². The van der Waals surface area contributed by atoms with Crippen molar-refractivity contribution in [2.45, 2.75) is 0 Å². The van der Waals surface area contributed by atoms with E-state index in [4.69, 9.17) is 9.15 Å². The third kappa shape index (κ3) is 2.54. The Balaban J connectivity index is 1.75. The van der Waals surface area contributed by atoms with Crippen molar-refractivity contribution < 1.29 is 17.9 Å². The van der Waals surface area contributed by atoms with Gasteiger partial charge < -0.3 is 9.15 Å². The van der Waals surface area contributed by atoms with Crippen LogP contribution in [0.25, 0.3) is 22.4 Å². The first-order valence-electron chi connectivity index (χ1n) is 6.85. The molecule has 2 aromatic carbocycles. The molecular weight excluding hydrogens is 318 g/mol. The van der Waals surface area contributed by atoms with Crippen molar-refractivity contribution in [1.29, 1.82) is 0 Å². The third-order valence-corrected chi connectivity index (χ3v) is 3.30. The third-order valence-electron chi connectivity index (χ3n) is 3.30. The van der Waals surface area contributed by atoms with Gasteiger partial charge in [0.2, 0.25) is 18.2 Å². The SMILES string of the molecule is Fc1cc2ncnc(Oc3cccc(-c4nnco4)c3)c2cc1F. The molecule has 0 saturated heterocycles. The van der Waals surface area contributed by atoms with E-state index in [9.17, 15) is 8.78 Å². The molecule has 0 radical (unpaired) electrons. The summed E-state index contributed by atoms with van der Waals surface area (Å²) in [5, 5.41) is 7.70. The molecule has 2 aromatic heterocycles. The highest BCUT2D eigenvalue weighted by Gasteiger charge is 2.12. The fraction of sp³-hybridized carbons (Fsp3) is 0. The smallest absolute Gasteiger partial charge is 0.247 e. The highest BCUT2D eigenvalue weighted by molar-refractivity contribution is 5.83. The summed E-state index contributed by atoms with van der Waals surface area (Å²) < 4.78 is 37.6. The molecule has 0 aliphatic heterocycles. The van der Waals surface area contributed by atoms with Gasteiger partial charge in [0, 0.05) is 11.6 Å². The first kappa shape index (κ1) is 14.2. The van der Waals surface area contributed by atoms with Crippen LogP contribution in [0.3, 0.4) is 0 Å². The molecule has 2 heterocycles. The largest absolute Gasteiger partial charge is 0.438 e. The lowest BCUT2D eigenvalue weighted by Crippen LogP contribution is -1.94. The van der Waals surface area contributed by atoms with Gasteiger partial charge in [0.25, 0.3) is 0 Å². The molecule has 0 spiro atoms. The number of rotatable bonds is 3. The fourth-order valence-electron chi connectivity index (χ4n) is 2.21. The Hall–Kier alpha value is -3.42. The van der Waals surface area contributed by atoms with Crippen LogP contribution in [0.1, 0.15) is 0 Å². The first-order chi connectivity index (χ1) is 11.7. The van der Waals surface area contributed by atoms with Crippen LogP contribution in [0.2, 0.25) is 0 Å². The standard InChI is InChI=1S/C16H8F2N4O2/c17-12-5-11-14(6-13(12)18)19-7-20-16(11)24-10-3-1-2-9(4-10)15-22-21-8-23-15/h1-8H. The average Bonchev–Trinajstić information content (AvgIpc) is 3.12. The molecule has 4 aromatic rings. The molecular formula is C16H8F2N4O2. The molecule has 0 amide bonds. The minimum atomic E-state index is -0.998. The van der Waals surface area contributed by atoms with Gasteiger partial charge in [-0.25, -0.2) is 18.7 Å². The second kappa shape index (κ2) is 5.65. The topological polar surface area (TPSA) is 73.9 Å². The number of aromatic nitrogens is 4. The van der Waals surface area contributed by atoms with Gasteiger partial charge in [0.05, 0.1) is 10.9 Å². The molecule has 6 nitrogen and oxygen atoms in total. The van der Waals surface area contributed by atoms with Gasteiger partial charge in [-0.05, 0) is 24.3 Å². The fourth-order valence-corrected chi connectivity index (χ4v) is 2.21. The minimum absolute atomic E-state index is 0.113. The van der Waals surface area contributed by atoms with E-state index in [1.165, 1.54) is 12.7 Å². The molecule has 4 rings (SSSR count). The summed E-state index contributed by atoms with van der Waals surface area (Å²) in [5.74, 6) is -1.11. The molecule has 0 bridgehead atoms. The molecule has 24 heavy (non-hydrogen) atoms. The van der Waals surface area contributed by atoms with Crippen molar-refractivity contribution in [3.8, 4) is 23.1 Å². The van der Waals surface area contributed by atoms with Crippen molar-refractivity contribution in [3.63, 3.8) is 0 Å². The van der Waals surface area contributed by atoms with Crippen LogP contribution in [0.5, 0.6) is 11.6 Å². The summed E-state index contributed by atoms with van der Waals surface area (Å²) in [6.45, 7) is 0. The first-order valence-corrected chi connectivity index (χ1v) is 6.85. The van der Waals surface area contributed by atoms with Gasteiger partial charge in [-0.1, -0.05) is 6.07 Å². The Morgan fingerprint density at radius 3 is 2.71 bits per heavy atom. The Bertz CT molecular complexity index is 1020. The van der Waals surface area contributed by atoms with Gasteiger partial charge in [0.1, 0.15) is 12.1 Å². The van der Waals surface area contributed by atoms with Crippen LogP contribution in [0.15, 0.2) is 53.5 Å². The van der Waals surface area contributed by atoms with Crippen molar-refractivity contribution in [2.75, 3.05) is 0 Å². The van der Waals surface area contributed by atoms with E-state index in [1.807, 2.05) is 0 Å². The zero-order chi connectivity index (χ0) is 16.5. The second-order valence-corrected chi connectivity index (χ2v) is 4.84. The van der Waals surface area contributed by atoms with Gasteiger partial charge in [-0.2, -0.15) is 0 Å². The van der Waals surface area contributed by atoms with Crippen LogP contribution in [-0.2, 0) is 0 Å². The molecule has 0 aliphatic carbocycles. The maximum Gasteiger partial charge on any atom is 0.247 e. The Morgan fingerprint density at radius 2 is 1.88 bits per heavy atom. The van der Waals surface area contributed by atoms with E-state index in [1.54, 1.807) is 24.3 Å². The maximum absolute atomic E-state index is 13.5. The van der Waals surface area contributed by atoms with Gasteiger partial charge >= 0.3 is 0 Å². The zero-order valence-corrected chi connectivity index (χ0v) is 12.0. The van der Waals surface area contributed by atoms with Crippen molar-refractivity contribution in [1.82, 2.24) is 20.2 Å². The summed E-state index contributed by atoms with van der Waals surface area (Å²) >= 11 is 0. The van der Waals surface area contributed by atoms with E-state index >= 15 is 0 Å². The molecule has 8 heteroatoms. The van der Waals surface area contributed by atoms with Crippen molar-refractivity contribution in [3.05, 3.63) is 60.8 Å². The minimum Gasteiger partial charge on any atom is -0.438 e. The highest BCUT2D eigenvalue weighted by Crippen LogP contribution is 2.30. The Kier molecular flexibility index (Phi) is 3.34. The number of halogens is 2. The van der Waals surface area contributed by atoms with Crippen molar-refractivity contribution in [2.24, 2.45) is 0 Å². The lowest BCUT2D eigenvalue weighted by molar-refractivity contribution is 0.466. The van der Waals surface area contributed by atoms with Gasteiger partial charge in [-0.3, -0.25) is 0 Å². The lowest BCUT2D eigenvalue weighted by atomic mass is 10.2. The van der Waals surface area contributed by atoms with Gasteiger partial charge in [0.15, 0.2) is 11.6 Å². The molecule has 0 unspecified atom stereocenters. The maximum atomic E-state index is 13.5. The van der Waals surface area contributed by atoms with Crippen LogP contribution >= 0.6 is 0 Å². The van der Waals surface area contributed by atoms with Gasteiger partial charge in [-0.15, -0.1) is 10.2 Å². The van der Waals surface area contributed by atoms with Crippen LogP contribution in [0, 0.1) is 11.6 Å². The average molecular weight is 326 g/mol. The Morgan fingerprint density at radius 1 is 1.00 bits per heavy atom. The predicted octanol–water partition coefficient (Wildman–Crippen LogP) is 3.75. The number of ether oxygens (including phenoxy) is 1. The normalized spacial score (nSPS) is 10.9. The highest BCUT2D eigenvalue weighted by atomic mass is 19.2. The monoisotopic (exact) mass is 326 g/mol. The Labute approximate surface area is 133 Å². The summed E-state index contributed by atoms with van der Waals surface area (Å²) in [4.78, 5) is 7.90. The van der Waals surface area contributed by atoms with E-state index in [2.05, 4.69) is 20.2 Å². The molecule has 118 valence electrons. The number of nitrogens with zero attached hydrogens (tertiary/aromatic N) is 4. The molecule has 0 aliphatic rings. The number of hydrogen-bond acceptors (Lipinski definition) is 6. The summed E-state index contributed by atoms with van der Waals surface area (Å²) in [5.41, 5.74) is 0.896. The number of hydrogen-bond donors (Lipinski definition) is 0. The summed E-state index contributed by atoms with van der Waals surface area (Å²) in [7, 11) is 0. The quantitative estimate of drug-likeness (QED) is 0.571. The summed E-state index contributed by atoms with van der Waals surface area (Å²) in [6, 6.07) is 8.86. The van der Waals surface area contributed by atoms with Crippen LogP contribution in [0.4, 0.5) is 8.78 Å². The zero-order valence-electron chi connectivity index (χ0n) is 12.0. The van der Waals surface area contributed by atoms with Crippen LogP contribution in [-0.4, -0.2) is 20.2 Å². The number of benzene rings is 2. The molecule has 0 N–H and O–H groups in total. The summed E-state index contributed by atoms with van der Waals surface area (Å²) in [6.07, 6.45) is 2.44. The van der Waals surface area contributed by atoms with Crippen LogP contribution < -0.4 is 4.74 Å². The predicted molar refractivity (Wildman–Crippen MR) is 79.3 cm³/mol. The van der Waals surface area contributed by atoms with E-state index in [0.717, 1.165) is 12.1 Å². The lowest BCUT2D eigenvalue weighted by Gasteiger charge is -2.08.